The van der Waals surface area contributed by atoms with Crippen LogP contribution < -0.4 is 9.47 Å². The molecule has 1 aliphatic heterocycles. The minimum Gasteiger partial charge on any atom is -0.496 e. The largest absolute Gasteiger partial charge is 0.573 e. The van der Waals surface area contributed by atoms with Gasteiger partial charge in [0.05, 0.1) is 12.7 Å². The first-order valence-electron chi connectivity index (χ1n) is 7.58. The average Bonchev–Trinajstić information content (AvgIpc) is 2.83. The Morgan fingerprint density at radius 1 is 1.16 bits per heavy atom. The summed E-state index contributed by atoms with van der Waals surface area (Å²) in [5.74, 6) is 0.100. The van der Waals surface area contributed by atoms with Crippen LogP contribution in [0.3, 0.4) is 0 Å². The summed E-state index contributed by atoms with van der Waals surface area (Å²) in [5.41, 5.74) is 3.15. The molecule has 1 heterocycles. The van der Waals surface area contributed by atoms with Gasteiger partial charge >= 0.3 is 6.36 Å². The van der Waals surface area contributed by atoms with Crippen molar-refractivity contribution in [1.29, 1.82) is 0 Å². The molecule has 25 heavy (non-hydrogen) atoms. The Kier molecular flexibility index (Phi) is 4.32. The van der Waals surface area contributed by atoms with Gasteiger partial charge in [-0.25, -0.2) is 0 Å². The highest BCUT2D eigenvalue weighted by Crippen LogP contribution is 2.33. The molecule has 0 saturated carbocycles. The van der Waals surface area contributed by atoms with E-state index < -0.39 is 6.36 Å². The quantitative estimate of drug-likeness (QED) is 0.834. The number of benzene rings is 2. The topological polar surface area (TPSA) is 38.8 Å². The smallest absolute Gasteiger partial charge is 0.496 e. The van der Waals surface area contributed by atoms with E-state index in [0.717, 1.165) is 11.1 Å². The number of methoxy groups -OCH3 is 1. The van der Waals surface area contributed by atoms with Gasteiger partial charge < -0.3 is 14.4 Å². The number of alkyl halides is 3. The molecule has 0 N–H and O–H groups in total. The van der Waals surface area contributed by atoms with E-state index in [1.165, 1.54) is 31.4 Å². The molecule has 1 amide bonds. The maximum atomic E-state index is 12.6. The predicted octanol–water partition coefficient (Wildman–Crippen LogP) is 4.06. The second-order valence-electron chi connectivity index (χ2n) is 5.85. The van der Waals surface area contributed by atoms with Gasteiger partial charge in [-0.3, -0.25) is 4.79 Å². The first-order valence-corrected chi connectivity index (χ1v) is 7.58. The van der Waals surface area contributed by atoms with Crippen LogP contribution in [0.15, 0.2) is 36.4 Å². The van der Waals surface area contributed by atoms with E-state index in [0.29, 0.717) is 30.0 Å². The number of amides is 1. The third-order valence-electron chi connectivity index (χ3n) is 3.94. The predicted molar refractivity (Wildman–Crippen MR) is 84.4 cm³/mol. The molecule has 0 spiro atoms. The number of nitrogens with zero attached hydrogens (tertiary/aromatic N) is 1. The van der Waals surface area contributed by atoms with Crippen LogP contribution in [0.5, 0.6) is 11.5 Å². The summed E-state index contributed by atoms with van der Waals surface area (Å²) < 4.78 is 45.7. The first-order chi connectivity index (χ1) is 11.8. The van der Waals surface area contributed by atoms with E-state index in [4.69, 9.17) is 4.74 Å². The van der Waals surface area contributed by atoms with Gasteiger partial charge in [0, 0.05) is 13.1 Å². The van der Waals surface area contributed by atoms with Crippen molar-refractivity contribution in [3.63, 3.8) is 0 Å². The van der Waals surface area contributed by atoms with Crippen LogP contribution in [0.4, 0.5) is 13.2 Å². The lowest BCUT2D eigenvalue weighted by molar-refractivity contribution is -0.274. The van der Waals surface area contributed by atoms with Crippen LogP contribution in [0.1, 0.15) is 27.0 Å². The monoisotopic (exact) mass is 351 g/mol. The number of carbonyl (C=O) groups excluding carboxylic acids is 1. The Labute approximate surface area is 142 Å². The molecule has 0 aliphatic carbocycles. The molecule has 0 atom stereocenters. The molecule has 0 saturated heterocycles. The van der Waals surface area contributed by atoms with Crippen molar-refractivity contribution < 1.29 is 27.4 Å². The standard InChI is InChI=1S/C18H16F3NO3/c1-11-7-13-10-22(17(23)16(13)15(8-11)24-2)9-12-3-5-14(6-4-12)25-18(19,20)21/h3-8H,9-10H2,1-2H3. The maximum absolute atomic E-state index is 12.6. The number of halogens is 3. The highest BCUT2D eigenvalue weighted by atomic mass is 19.4. The molecule has 0 aromatic heterocycles. The zero-order chi connectivity index (χ0) is 18.2. The molecule has 3 rings (SSSR count). The lowest BCUT2D eigenvalue weighted by Crippen LogP contribution is -2.23. The number of hydrogen-bond acceptors (Lipinski definition) is 3. The molecule has 7 heteroatoms. The molecule has 0 unspecified atom stereocenters. The summed E-state index contributed by atoms with van der Waals surface area (Å²) in [6.45, 7) is 2.66. The molecule has 2 aromatic carbocycles. The minimum atomic E-state index is -4.72. The number of hydrogen-bond donors (Lipinski definition) is 0. The van der Waals surface area contributed by atoms with Gasteiger partial charge in [0.1, 0.15) is 11.5 Å². The van der Waals surface area contributed by atoms with E-state index in [-0.39, 0.29) is 11.7 Å². The third kappa shape index (κ3) is 3.70. The van der Waals surface area contributed by atoms with Gasteiger partial charge in [0.2, 0.25) is 0 Å². The van der Waals surface area contributed by atoms with E-state index in [9.17, 15) is 18.0 Å². The second kappa shape index (κ2) is 6.31. The first kappa shape index (κ1) is 17.1. The fraction of sp³-hybridized carbons (Fsp3) is 0.278. The number of aryl methyl sites for hydroxylation is 1. The molecule has 4 nitrogen and oxygen atoms in total. The molecule has 132 valence electrons. The molecule has 0 radical (unpaired) electrons. The van der Waals surface area contributed by atoms with Crippen molar-refractivity contribution in [3.8, 4) is 11.5 Å². The van der Waals surface area contributed by atoms with Gasteiger partial charge in [0.15, 0.2) is 0 Å². The van der Waals surface area contributed by atoms with Crippen LogP contribution in [0.2, 0.25) is 0 Å². The van der Waals surface area contributed by atoms with E-state index in [1.807, 2.05) is 19.1 Å². The Morgan fingerprint density at radius 2 is 1.84 bits per heavy atom. The van der Waals surface area contributed by atoms with Gasteiger partial charge in [-0.15, -0.1) is 13.2 Å². The van der Waals surface area contributed by atoms with Crippen LogP contribution in [0, 0.1) is 6.92 Å². The van der Waals surface area contributed by atoms with Gasteiger partial charge in [0.25, 0.3) is 5.91 Å². The molecule has 0 bridgehead atoms. The molecule has 1 aliphatic rings. The lowest BCUT2D eigenvalue weighted by atomic mass is 10.1. The molecule has 2 aromatic rings. The zero-order valence-electron chi connectivity index (χ0n) is 13.7. The Bertz CT molecular complexity index is 800. The lowest BCUT2D eigenvalue weighted by Gasteiger charge is -2.16. The number of ether oxygens (including phenoxy) is 2. The van der Waals surface area contributed by atoms with Crippen LogP contribution >= 0.6 is 0 Å². The highest BCUT2D eigenvalue weighted by molar-refractivity contribution is 6.01. The molecule has 0 fully saturated rings. The van der Waals surface area contributed by atoms with Gasteiger partial charge in [-0.2, -0.15) is 0 Å². The second-order valence-corrected chi connectivity index (χ2v) is 5.85. The summed E-state index contributed by atoms with van der Waals surface area (Å²) in [5, 5.41) is 0. The van der Waals surface area contributed by atoms with Crippen LogP contribution in [-0.4, -0.2) is 24.3 Å². The van der Waals surface area contributed by atoms with E-state index in [1.54, 1.807) is 4.90 Å². The van der Waals surface area contributed by atoms with Crippen molar-refractivity contribution >= 4 is 5.91 Å². The fourth-order valence-corrected chi connectivity index (χ4v) is 2.93. The molecular formula is C18H16F3NO3. The molecular weight excluding hydrogens is 335 g/mol. The van der Waals surface area contributed by atoms with Crippen molar-refractivity contribution in [2.24, 2.45) is 0 Å². The van der Waals surface area contributed by atoms with Crippen LogP contribution in [-0.2, 0) is 13.1 Å². The summed E-state index contributed by atoms with van der Waals surface area (Å²) in [4.78, 5) is 14.3. The number of fused-ring (bicyclic) bond motifs is 1. The van der Waals surface area contributed by atoms with Crippen molar-refractivity contribution in [2.75, 3.05) is 7.11 Å². The highest BCUT2D eigenvalue weighted by Gasteiger charge is 2.32. The fourth-order valence-electron chi connectivity index (χ4n) is 2.93. The average molecular weight is 351 g/mol. The summed E-state index contributed by atoms with van der Waals surface area (Å²) in [6, 6.07) is 9.25. The Morgan fingerprint density at radius 3 is 2.44 bits per heavy atom. The van der Waals surface area contributed by atoms with Crippen molar-refractivity contribution in [2.45, 2.75) is 26.4 Å². The van der Waals surface area contributed by atoms with Gasteiger partial charge in [-0.05, 0) is 41.8 Å². The maximum Gasteiger partial charge on any atom is 0.573 e. The summed E-state index contributed by atoms with van der Waals surface area (Å²) in [7, 11) is 1.52. The van der Waals surface area contributed by atoms with E-state index in [2.05, 4.69) is 4.74 Å². The third-order valence-corrected chi connectivity index (χ3v) is 3.94. The zero-order valence-corrected chi connectivity index (χ0v) is 13.7. The van der Waals surface area contributed by atoms with Crippen LogP contribution in [0.25, 0.3) is 0 Å². The SMILES string of the molecule is COc1cc(C)cc2c1C(=O)N(Cc1ccc(OC(F)(F)F)cc1)C2. The number of carbonyl (C=O) groups is 1. The normalized spacial score (nSPS) is 13.8. The number of rotatable bonds is 4. The van der Waals surface area contributed by atoms with E-state index >= 15 is 0 Å². The van der Waals surface area contributed by atoms with Crippen molar-refractivity contribution in [3.05, 3.63) is 58.7 Å². The minimum absolute atomic E-state index is 0.150. The summed E-state index contributed by atoms with van der Waals surface area (Å²) >= 11 is 0. The van der Waals surface area contributed by atoms with Crippen molar-refractivity contribution in [1.82, 2.24) is 4.90 Å². The summed E-state index contributed by atoms with van der Waals surface area (Å²) in [6.07, 6.45) is -4.72. The Hall–Kier alpha value is -2.70. The Balaban J connectivity index is 1.75. The van der Waals surface area contributed by atoms with Gasteiger partial charge in [-0.1, -0.05) is 18.2 Å².